The first-order valence-corrected chi connectivity index (χ1v) is 9.01. The van der Waals surface area contributed by atoms with Crippen LogP contribution in [0.3, 0.4) is 0 Å². The van der Waals surface area contributed by atoms with E-state index in [1.54, 1.807) is 0 Å². The maximum absolute atomic E-state index is 5.96. The van der Waals surface area contributed by atoms with Gasteiger partial charge in [0.2, 0.25) is 0 Å². The molecule has 0 saturated heterocycles. The minimum absolute atomic E-state index is 0.439. The largest absolute Gasteiger partial charge is 0.494 e. The molecule has 1 N–H and O–H groups in total. The fraction of sp³-hybridized carbons (Fsp3) is 0.667. The summed E-state index contributed by atoms with van der Waals surface area (Å²) in [6.07, 6.45) is 7.98. The second kappa shape index (κ2) is 8.19. The second-order valence-electron chi connectivity index (χ2n) is 6.65. The fourth-order valence-corrected chi connectivity index (χ4v) is 3.56. The summed E-state index contributed by atoms with van der Waals surface area (Å²) in [5, 5.41) is 3.65. The number of nitrogens with one attached hydrogen (secondary N) is 1. The van der Waals surface area contributed by atoms with Gasteiger partial charge in [-0.1, -0.05) is 55.1 Å². The van der Waals surface area contributed by atoms with Crippen molar-refractivity contribution >= 4 is 15.9 Å². The van der Waals surface area contributed by atoms with Gasteiger partial charge in [-0.15, -0.1) is 0 Å². The lowest BCUT2D eigenvalue weighted by Crippen LogP contribution is -2.40. The average molecular weight is 354 g/mol. The third-order valence-corrected chi connectivity index (χ3v) is 4.99. The highest BCUT2D eigenvalue weighted by molar-refractivity contribution is 9.10. The van der Waals surface area contributed by atoms with Crippen LogP contribution < -0.4 is 10.1 Å². The van der Waals surface area contributed by atoms with Gasteiger partial charge in [0.05, 0.1) is 6.61 Å². The molecule has 1 aliphatic rings. The lowest BCUT2D eigenvalue weighted by molar-refractivity contribution is 0.131. The van der Waals surface area contributed by atoms with Crippen LogP contribution in [0.1, 0.15) is 52.4 Å². The van der Waals surface area contributed by atoms with E-state index < -0.39 is 0 Å². The molecule has 1 aliphatic carbocycles. The van der Waals surface area contributed by atoms with E-state index in [9.17, 15) is 0 Å². The molecule has 0 unspecified atom stereocenters. The molecule has 1 fully saturated rings. The molecule has 2 rings (SSSR count). The zero-order valence-electron chi connectivity index (χ0n) is 13.3. The van der Waals surface area contributed by atoms with Gasteiger partial charge in [0.25, 0.3) is 0 Å². The zero-order chi connectivity index (χ0) is 15.1. The third-order valence-electron chi connectivity index (χ3n) is 4.50. The van der Waals surface area contributed by atoms with E-state index in [1.807, 2.05) is 24.3 Å². The normalized spacial score (nSPS) is 17.9. The highest BCUT2D eigenvalue weighted by Crippen LogP contribution is 2.39. The Balaban J connectivity index is 1.86. The maximum atomic E-state index is 5.96. The number of ether oxygens (including phenoxy) is 1. The van der Waals surface area contributed by atoms with E-state index in [0.717, 1.165) is 29.8 Å². The Morgan fingerprint density at radius 1 is 1.24 bits per heavy atom. The molecule has 1 saturated carbocycles. The Morgan fingerprint density at radius 3 is 2.67 bits per heavy atom. The lowest BCUT2D eigenvalue weighted by atomic mass is 9.72. The zero-order valence-corrected chi connectivity index (χ0v) is 14.9. The molecule has 0 radical (unpaired) electrons. The van der Waals surface area contributed by atoms with E-state index >= 15 is 0 Å². The molecule has 2 nitrogen and oxygen atoms in total. The fourth-order valence-electron chi connectivity index (χ4n) is 3.18. The summed E-state index contributed by atoms with van der Waals surface area (Å²) in [6, 6.07) is 8.69. The monoisotopic (exact) mass is 353 g/mol. The van der Waals surface area contributed by atoms with E-state index in [0.29, 0.717) is 11.5 Å². The highest BCUT2D eigenvalue weighted by Gasteiger charge is 2.31. The minimum atomic E-state index is 0.439. The Hall–Kier alpha value is -0.540. The third kappa shape index (κ3) is 5.63. The average Bonchev–Trinajstić information content (AvgIpc) is 2.46. The molecule has 0 heterocycles. The molecule has 118 valence electrons. The van der Waals surface area contributed by atoms with Gasteiger partial charge >= 0.3 is 0 Å². The second-order valence-corrected chi connectivity index (χ2v) is 7.57. The summed E-state index contributed by atoms with van der Waals surface area (Å²) in [4.78, 5) is 0. The molecule has 0 amide bonds. The van der Waals surface area contributed by atoms with Crippen LogP contribution in [0.5, 0.6) is 5.75 Å². The molecular formula is C18H28BrNO. The Morgan fingerprint density at radius 2 is 2.00 bits per heavy atom. The molecule has 0 bridgehead atoms. The summed E-state index contributed by atoms with van der Waals surface area (Å²) in [7, 11) is 0. The minimum Gasteiger partial charge on any atom is -0.494 e. The van der Waals surface area contributed by atoms with E-state index in [1.165, 1.54) is 32.1 Å². The number of hydrogen-bond acceptors (Lipinski definition) is 2. The van der Waals surface area contributed by atoms with Gasteiger partial charge in [0.1, 0.15) is 5.75 Å². The van der Waals surface area contributed by atoms with Gasteiger partial charge in [-0.05, 0) is 42.9 Å². The molecule has 1 aromatic carbocycles. The summed E-state index contributed by atoms with van der Waals surface area (Å²) < 4.78 is 7.04. The highest BCUT2D eigenvalue weighted by atomic mass is 79.9. The number of benzene rings is 1. The predicted octanol–water partition coefficient (Wildman–Crippen LogP) is 5.17. The van der Waals surface area contributed by atoms with Crippen molar-refractivity contribution in [2.24, 2.45) is 5.41 Å². The molecule has 0 aromatic heterocycles. The summed E-state index contributed by atoms with van der Waals surface area (Å²) in [6.45, 7) is 6.41. The van der Waals surface area contributed by atoms with Crippen LogP contribution in [-0.4, -0.2) is 19.2 Å². The van der Waals surface area contributed by atoms with Crippen molar-refractivity contribution in [1.29, 1.82) is 0 Å². The standard InChI is InChI=1S/C18H28BrNO/c1-15(2)20-14-18(9-4-3-5-10-18)11-12-21-17-8-6-7-16(19)13-17/h6-8,13,15,20H,3-5,9-12,14H2,1-2H3. The molecule has 0 atom stereocenters. The summed E-state index contributed by atoms with van der Waals surface area (Å²) in [5.41, 5.74) is 0.439. The lowest BCUT2D eigenvalue weighted by Gasteiger charge is -2.38. The van der Waals surface area contributed by atoms with Gasteiger partial charge in [0.15, 0.2) is 0 Å². The number of halogens is 1. The van der Waals surface area contributed by atoms with Crippen LogP contribution >= 0.6 is 15.9 Å². The molecule has 0 spiro atoms. The van der Waals surface area contributed by atoms with Gasteiger partial charge in [0, 0.05) is 17.1 Å². The van der Waals surface area contributed by atoms with Gasteiger partial charge in [-0.25, -0.2) is 0 Å². The number of rotatable bonds is 7. The molecule has 1 aromatic rings. The van der Waals surface area contributed by atoms with Gasteiger partial charge < -0.3 is 10.1 Å². The first-order chi connectivity index (χ1) is 10.1. The quantitative estimate of drug-likeness (QED) is 0.730. The van der Waals surface area contributed by atoms with Crippen molar-refractivity contribution in [3.05, 3.63) is 28.7 Å². The first-order valence-electron chi connectivity index (χ1n) is 8.21. The van der Waals surface area contributed by atoms with Crippen molar-refractivity contribution in [3.8, 4) is 5.75 Å². The maximum Gasteiger partial charge on any atom is 0.120 e. The van der Waals surface area contributed by atoms with Crippen molar-refractivity contribution in [2.75, 3.05) is 13.2 Å². The van der Waals surface area contributed by atoms with Crippen LogP contribution in [0.25, 0.3) is 0 Å². The molecule has 21 heavy (non-hydrogen) atoms. The topological polar surface area (TPSA) is 21.3 Å². The van der Waals surface area contributed by atoms with Gasteiger partial charge in [-0.3, -0.25) is 0 Å². The van der Waals surface area contributed by atoms with Crippen LogP contribution in [0.4, 0.5) is 0 Å². The summed E-state index contributed by atoms with van der Waals surface area (Å²) in [5.74, 6) is 0.965. The summed E-state index contributed by atoms with van der Waals surface area (Å²) >= 11 is 3.49. The van der Waals surface area contributed by atoms with Crippen LogP contribution in [0, 0.1) is 5.41 Å². The SMILES string of the molecule is CC(C)NCC1(CCOc2cccc(Br)c2)CCCCC1. The van der Waals surface area contributed by atoms with Crippen molar-refractivity contribution < 1.29 is 4.74 Å². The van der Waals surface area contributed by atoms with E-state index in [4.69, 9.17) is 4.74 Å². The van der Waals surface area contributed by atoms with E-state index in [-0.39, 0.29) is 0 Å². The van der Waals surface area contributed by atoms with Crippen LogP contribution in [0.2, 0.25) is 0 Å². The molecule has 3 heteroatoms. The predicted molar refractivity (Wildman–Crippen MR) is 92.9 cm³/mol. The Labute approximate surface area is 137 Å². The van der Waals surface area contributed by atoms with Crippen molar-refractivity contribution in [1.82, 2.24) is 5.32 Å². The smallest absolute Gasteiger partial charge is 0.120 e. The number of hydrogen-bond donors (Lipinski definition) is 1. The van der Waals surface area contributed by atoms with Crippen LogP contribution in [0.15, 0.2) is 28.7 Å². The van der Waals surface area contributed by atoms with Crippen molar-refractivity contribution in [2.45, 2.75) is 58.4 Å². The Bertz CT molecular complexity index is 427. The molecular weight excluding hydrogens is 326 g/mol. The van der Waals surface area contributed by atoms with Crippen molar-refractivity contribution in [3.63, 3.8) is 0 Å². The Kier molecular flexibility index (Phi) is 6.56. The molecule has 0 aliphatic heterocycles. The first kappa shape index (κ1) is 16.8. The van der Waals surface area contributed by atoms with Crippen LogP contribution in [-0.2, 0) is 0 Å². The van der Waals surface area contributed by atoms with Gasteiger partial charge in [-0.2, -0.15) is 0 Å². The van der Waals surface area contributed by atoms with E-state index in [2.05, 4.69) is 35.1 Å².